The highest BCUT2D eigenvalue weighted by atomic mass is 32.1. The van der Waals surface area contributed by atoms with Crippen molar-refractivity contribution in [2.75, 3.05) is 19.0 Å². The third-order valence-electron chi connectivity index (χ3n) is 2.11. The van der Waals surface area contributed by atoms with Crippen molar-refractivity contribution in [2.45, 2.75) is 6.42 Å². The van der Waals surface area contributed by atoms with E-state index in [9.17, 15) is 14.7 Å². The quantitative estimate of drug-likeness (QED) is 0.435. The average molecular weight is 285 g/mol. The van der Waals surface area contributed by atoms with Gasteiger partial charge in [0.1, 0.15) is 19.0 Å². The van der Waals surface area contributed by atoms with Gasteiger partial charge in [0, 0.05) is 5.75 Å². The van der Waals surface area contributed by atoms with E-state index in [1.54, 1.807) is 0 Å². The number of carbonyl (C=O) groups excluding carboxylic acids is 1. The number of ether oxygens (including phenoxy) is 2. The van der Waals surface area contributed by atoms with Crippen LogP contribution >= 0.6 is 12.6 Å². The first kappa shape index (κ1) is 15.2. The van der Waals surface area contributed by atoms with Gasteiger partial charge in [0.2, 0.25) is 0 Å². The van der Waals surface area contributed by atoms with Gasteiger partial charge >= 0.3 is 11.9 Å². The fourth-order valence-corrected chi connectivity index (χ4v) is 1.43. The number of carbonyl (C=O) groups is 2. The summed E-state index contributed by atoms with van der Waals surface area (Å²) < 4.78 is 9.97. The predicted molar refractivity (Wildman–Crippen MR) is 67.8 cm³/mol. The number of hydrogen-bond donors (Lipinski definition) is 2. The minimum atomic E-state index is -1.28. The van der Waals surface area contributed by atoms with Crippen molar-refractivity contribution in [3.63, 3.8) is 0 Å². The zero-order chi connectivity index (χ0) is 14.3. The molecule has 0 fully saturated rings. The number of esters is 1. The van der Waals surface area contributed by atoms with Crippen LogP contribution in [-0.2, 0) is 9.53 Å². The molecule has 0 bridgehead atoms. The molecule has 0 aromatic heterocycles. The largest absolute Gasteiger partial charge is 0.872 e. The molecule has 104 valence electrons. The topological polar surface area (TPSA) is 95.9 Å². The molecule has 1 aromatic rings. The lowest BCUT2D eigenvalue weighted by atomic mass is 10.2. The van der Waals surface area contributed by atoms with E-state index < -0.39 is 11.7 Å². The second-order valence-electron chi connectivity index (χ2n) is 3.51. The summed E-state index contributed by atoms with van der Waals surface area (Å²) in [5.74, 6) is -1.63. The maximum atomic E-state index is 11.4. The van der Waals surface area contributed by atoms with Crippen LogP contribution < -0.4 is 9.84 Å². The fraction of sp³-hybridized carbons (Fsp3) is 0.333. The van der Waals surface area contributed by atoms with Crippen LogP contribution in [0.4, 0.5) is 0 Å². The summed E-state index contributed by atoms with van der Waals surface area (Å²) in [6.07, 6.45) is 0.223. The Hall–Kier alpha value is -1.89. The molecule has 7 heteroatoms. The number of aromatic carboxylic acids is 1. The van der Waals surface area contributed by atoms with E-state index in [4.69, 9.17) is 14.6 Å². The lowest BCUT2D eigenvalue weighted by Gasteiger charge is -2.13. The Morgan fingerprint density at radius 3 is 2.63 bits per heavy atom. The second kappa shape index (κ2) is 7.52. The van der Waals surface area contributed by atoms with Gasteiger partial charge in [-0.25, -0.2) is 4.79 Å². The molecule has 0 aliphatic rings. The Morgan fingerprint density at radius 2 is 2.05 bits per heavy atom. The molecule has 0 aliphatic heterocycles. The molecule has 0 saturated heterocycles. The van der Waals surface area contributed by atoms with Crippen LogP contribution in [0, 0.1) is 0 Å². The van der Waals surface area contributed by atoms with Crippen molar-refractivity contribution in [2.24, 2.45) is 0 Å². The van der Waals surface area contributed by atoms with Crippen LogP contribution in [0.5, 0.6) is 11.5 Å². The molecule has 0 atom stereocenters. The fourth-order valence-electron chi connectivity index (χ4n) is 1.25. The van der Waals surface area contributed by atoms with Crippen molar-refractivity contribution in [3.8, 4) is 11.5 Å². The minimum Gasteiger partial charge on any atom is -0.872 e. The van der Waals surface area contributed by atoms with Crippen molar-refractivity contribution in [3.05, 3.63) is 23.8 Å². The third-order valence-corrected chi connectivity index (χ3v) is 2.34. The van der Waals surface area contributed by atoms with Gasteiger partial charge in [0.05, 0.1) is 12.0 Å². The van der Waals surface area contributed by atoms with E-state index in [0.29, 0.717) is 5.75 Å². The summed E-state index contributed by atoms with van der Waals surface area (Å²) in [4.78, 5) is 21.6. The van der Waals surface area contributed by atoms with Crippen LogP contribution in [0.1, 0.15) is 16.8 Å². The Kier molecular flexibility index (Phi) is 6.01. The Morgan fingerprint density at radius 1 is 1.32 bits per heavy atom. The van der Waals surface area contributed by atoms with Gasteiger partial charge in [-0.05, 0) is 18.2 Å². The standard InChI is InChI=1S/C12H14O6S/c13-10-7-8(1-2-9(10)12(15)16)17-4-5-18-11(14)3-6-19/h1-2,7,13,19H,3-6H2,(H,15,16)/p-1. The maximum absolute atomic E-state index is 11.4. The molecule has 19 heavy (non-hydrogen) atoms. The van der Waals surface area contributed by atoms with Crippen molar-refractivity contribution >= 4 is 24.6 Å². The van der Waals surface area contributed by atoms with Crippen molar-refractivity contribution < 1.29 is 29.3 Å². The smallest absolute Gasteiger partial charge is 0.335 e. The second-order valence-corrected chi connectivity index (χ2v) is 3.95. The van der Waals surface area contributed by atoms with Crippen LogP contribution in [0.25, 0.3) is 0 Å². The summed E-state index contributed by atoms with van der Waals surface area (Å²) in [7, 11) is 0. The Labute approximate surface area is 115 Å². The number of hydrogen-bond acceptors (Lipinski definition) is 6. The molecule has 0 heterocycles. The third kappa shape index (κ3) is 5.09. The van der Waals surface area contributed by atoms with Crippen LogP contribution in [0.15, 0.2) is 18.2 Å². The molecular weight excluding hydrogens is 272 g/mol. The molecule has 1 aromatic carbocycles. The van der Waals surface area contributed by atoms with Crippen LogP contribution in [0.2, 0.25) is 0 Å². The molecule has 0 aliphatic carbocycles. The van der Waals surface area contributed by atoms with Gasteiger partial charge in [0.25, 0.3) is 0 Å². The normalized spacial score (nSPS) is 9.95. The van der Waals surface area contributed by atoms with Gasteiger partial charge in [0.15, 0.2) is 0 Å². The Bertz CT molecular complexity index is 460. The zero-order valence-corrected chi connectivity index (χ0v) is 10.9. The lowest BCUT2D eigenvalue weighted by Crippen LogP contribution is -2.12. The SMILES string of the molecule is O=C(CCS)OCCOc1ccc(C(=O)O)c([O-])c1. The number of benzene rings is 1. The van der Waals surface area contributed by atoms with Gasteiger partial charge < -0.3 is 19.7 Å². The van der Waals surface area contributed by atoms with Crippen molar-refractivity contribution in [1.29, 1.82) is 0 Å². The summed E-state index contributed by atoms with van der Waals surface area (Å²) in [6.45, 7) is 0.144. The van der Waals surface area contributed by atoms with Gasteiger partial charge in [-0.15, -0.1) is 0 Å². The van der Waals surface area contributed by atoms with E-state index >= 15 is 0 Å². The number of thiol groups is 1. The molecule has 0 unspecified atom stereocenters. The molecule has 1 rings (SSSR count). The number of carboxylic acids is 1. The number of rotatable bonds is 7. The van der Waals surface area contributed by atoms with E-state index in [2.05, 4.69) is 12.6 Å². The maximum Gasteiger partial charge on any atom is 0.335 e. The highest BCUT2D eigenvalue weighted by Crippen LogP contribution is 2.21. The molecular formula is C12H13O6S-. The van der Waals surface area contributed by atoms with Crippen molar-refractivity contribution in [1.82, 2.24) is 0 Å². The molecule has 0 saturated carbocycles. The highest BCUT2D eigenvalue weighted by molar-refractivity contribution is 7.80. The molecule has 6 nitrogen and oxygen atoms in total. The predicted octanol–water partition coefficient (Wildman–Crippen LogP) is 0.700. The molecule has 0 amide bonds. The lowest BCUT2D eigenvalue weighted by molar-refractivity contribution is -0.268. The average Bonchev–Trinajstić information content (AvgIpc) is 2.34. The van der Waals surface area contributed by atoms with Gasteiger partial charge in [-0.1, -0.05) is 5.75 Å². The first-order chi connectivity index (χ1) is 9.04. The zero-order valence-electron chi connectivity index (χ0n) is 10.00. The summed E-state index contributed by atoms with van der Waals surface area (Å²) >= 11 is 3.88. The van der Waals surface area contributed by atoms with Gasteiger partial charge in [-0.2, -0.15) is 12.6 Å². The molecule has 1 N–H and O–H groups in total. The first-order valence-corrected chi connectivity index (χ1v) is 6.11. The first-order valence-electron chi connectivity index (χ1n) is 5.48. The van der Waals surface area contributed by atoms with E-state index in [0.717, 1.165) is 6.07 Å². The summed E-state index contributed by atoms with van der Waals surface area (Å²) in [5, 5.41) is 20.0. The van der Waals surface area contributed by atoms with E-state index in [1.807, 2.05) is 0 Å². The minimum absolute atomic E-state index is 0.0570. The number of carboxylic acid groups (broad SMARTS) is 1. The van der Waals surface area contributed by atoms with E-state index in [-0.39, 0.29) is 36.9 Å². The monoisotopic (exact) mass is 285 g/mol. The van der Waals surface area contributed by atoms with Crippen LogP contribution in [-0.4, -0.2) is 36.0 Å². The highest BCUT2D eigenvalue weighted by Gasteiger charge is 2.05. The molecule has 0 spiro atoms. The van der Waals surface area contributed by atoms with Crippen LogP contribution in [0.3, 0.4) is 0 Å². The summed E-state index contributed by atoms with van der Waals surface area (Å²) in [6, 6.07) is 3.63. The summed E-state index contributed by atoms with van der Waals surface area (Å²) in [5.41, 5.74) is -0.312. The Balaban J connectivity index is 2.40. The van der Waals surface area contributed by atoms with E-state index in [1.165, 1.54) is 12.1 Å². The van der Waals surface area contributed by atoms with Gasteiger partial charge in [-0.3, -0.25) is 4.79 Å². The molecule has 0 radical (unpaired) electrons.